The maximum absolute atomic E-state index is 13.1. The number of ether oxygens (including phenoxy) is 2. The Kier molecular flexibility index (Phi) is 5.76. The van der Waals surface area contributed by atoms with Gasteiger partial charge < -0.3 is 18.3 Å². The first-order valence-corrected chi connectivity index (χ1v) is 10.0. The summed E-state index contributed by atoms with van der Waals surface area (Å²) in [7, 11) is 0. The van der Waals surface area contributed by atoms with Crippen LogP contribution in [0.4, 0.5) is 0 Å². The fraction of sp³-hybridized carbons (Fsp3) is 0.130. The molecule has 0 saturated carbocycles. The van der Waals surface area contributed by atoms with E-state index in [0.29, 0.717) is 10.6 Å². The largest absolute Gasteiger partial charge is 0.477 e. The zero-order valence-electron chi connectivity index (χ0n) is 16.5. The van der Waals surface area contributed by atoms with Gasteiger partial charge in [-0.05, 0) is 56.3 Å². The molecule has 0 fully saturated rings. The number of aryl methyl sites for hydroxylation is 1. The zero-order chi connectivity index (χ0) is 22.1. The average Bonchev–Trinajstić information content (AvgIpc) is 3.27. The Morgan fingerprint density at radius 2 is 1.90 bits per heavy atom. The number of carbonyl (C=O) groups excluding carboxylic acids is 1. The number of fused-ring (bicyclic) bond motifs is 1. The summed E-state index contributed by atoms with van der Waals surface area (Å²) in [5.41, 5.74) is 0.706. The van der Waals surface area contributed by atoms with E-state index in [0.717, 1.165) is 5.56 Å². The van der Waals surface area contributed by atoms with Crippen LogP contribution in [0.5, 0.6) is 11.5 Å². The topological polar surface area (TPSA) is 78.9 Å². The van der Waals surface area contributed by atoms with Gasteiger partial charge in [0.15, 0.2) is 11.9 Å². The SMILES string of the molecule is Cc1ccc2oc(-c3ccco3)c(OC(=O)[C@H](C)Oc3ccc(Cl)cc3Cl)c(=O)c2c1. The summed E-state index contributed by atoms with van der Waals surface area (Å²) in [5.74, 6) is -0.579. The molecule has 6 nitrogen and oxygen atoms in total. The van der Waals surface area contributed by atoms with Gasteiger partial charge >= 0.3 is 5.97 Å². The predicted molar refractivity (Wildman–Crippen MR) is 117 cm³/mol. The van der Waals surface area contributed by atoms with Gasteiger partial charge in [0.1, 0.15) is 11.3 Å². The van der Waals surface area contributed by atoms with Crippen molar-refractivity contribution in [1.82, 2.24) is 0 Å². The van der Waals surface area contributed by atoms with E-state index < -0.39 is 17.5 Å². The molecule has 0 saturated heterocycles. The molecule has 2 aromatic heterocycles. The summed E-state index contributed by atoms with van der Waals surface area (Å²) >= 11 is 12.0. The van der Waals surface area contributed by atoms with Gasteiger partial charge in [-0.3, -0.25) is 4.79 Å². The van der Waals surface area contributed by atoms with Crippen molar-refractivity contribution in [2.75, 3.05) is 0 Å². The van der Waals surface area contributed by atoms with E-state index in [1.807, 2.05) is 13.0 Å². The highest BCUT2D eigenvalue weighted by atomic mass is 35.5. The second-order valence-corrected chi connectivity index (χ2v) is 7.67. The molecule has 0 aliphatic carbocycles. The van der Waals surface area contributed by atoms with Crippen molar-refractivity contribution in [3.8, 4) is 23.0 Å². The van der Waals surface area contributed by atoms with Crippen molar-refractivity contribution in [2.24, 2.45) is 0 Å². The van der Waals surface area contributed by atoms with Crippen molar-refractivity contribution in [1.29, 1.82) is 0 Å². The Hall–Kier alpha value is -3.22. The highest BCUT2D eigenvalue weighted by molar-refractivity contribution is 6.35. The van der Waals surface area contributed by atoms with Gasteiger partial charge in [-0.2, -0.15) is 0 Å². The Balaban J connectivity index is 1.71. The van der Waals surface area contributed by atoms with Gasteiger partial charge in [0.05, 0.1) is 16.7 Å². The molecule has 31 heavy (non-hydrogen) atoms. The maximum Gasteiger partial charge on any atom is 0.352 e. The molecule has 0 N–H and O–H groups in total. The zero-order valence-corrected chi connectivity index (χ0v) is 18.0. The molecular formula is C23H16Cl2O6. The van der Waals surface area contributed by atoms with E-state index in [1.54, 1.807) is 30.3 Å². The van der Waals surface area contributed by atoms with Gasteiger partial charge in [-0.25, -0.2) is 4.79 Å². The summed E-state index contributed by atoms with van der Waals surface area (Å²) in [5, 5.41) is 0.955. The molecule has 0 spiro atoms. The van der Waals surface area contributed by atoms with E-state index in [2.05, 4.69) is 0 Å². The third kappa shape index (κ3) is 4.31. The van der Waals surface area contributed by atoms with Gasteiger partial charge in [0.25, 0.3) is 0 Å². The standard InChI is InChI=1S/C23H16Cl2O6/c1-12-5-7-17-15(10-12)20(26)22(21(30-17)19-4-3-9-28-19)31-23(27)13(2)29-18-8-6-14(24)11-16(18)25/h3-11,13H,1-2H3/t13-/m0/s1. The van der Waals surface area contributed by atoms with E-state index in [-0.39, 0.29) is 33.4 Å². The number of rotatable bonds is 5. The molecule has 1 atom stereocenters. The second kappa shape index (κ2) is 8.49. The highest BCUT2D eigenvalue weighted by Crippen LogP contribution is 2.32. The molecule has 0 aliphatic heterocycles. The molecule has 8 heteroatoms. The van der Waals surface area contributed by atoms with Gasteiger partial charge in [-0.1, -0.05) is 34.8 Å². The van der Waals surface area contributed by atoms with Gasteiger partial charge in [0.2, 0.25) is 16.9 Å². The second-order valence-electron chi connectivity index (χ2n) is 6.82. The third-order valence-electron chi connectivity index (χ3n) is 4.48. The van der Waals surface area contributed by atoms with Crippen LogP contribution in [0.2, 0.25) is 10.0 Å². The van der Waals surface area contributed by atoms with Crippen molar-refractivity contribution < 1.29 is 23.1 Å². The fourth-order valence-corrected chi connectivity index (χ4v) is 3.40. The molecule has 2 heterocycles. The number of hydrogen-bond donors (Lipinski definition) is 0. The molecule has 0 unspecified atom stereocenters. The maximum atomic E-state index is 13.1. The predicted octanol–water partition coefficient (Wildman–Crippen LogP) is 6.04. The molecule has 0 aliphatic rings. The first-order chi connectivity index (χ1) is 14.8. The van der Waals surface area contributed by atoms with Crippen LogP contribution in [-0.2, 0) is 4.79 Å². The monoisotopic (exact) mass is 458 g/mol. The van der Waals surface area contributed by atoms with Crippen LogP contribution >= 0.6 is 23.2 Å². The molecule has 158 valence electrons. The fourth-order valence-electron chi connectivity index (χ4n) is 2.95. The first kappa shape index (κ1) is 21.0. The number of esters is 1. The number of hydrogen-bond acceptors (Lipinski definition) is 6. The molecule has 2 aromatic carbocycles. The smallest absolute Gasteiger partial charge is 0.352 e. The molecule has 0 radical (unpaired) electrons. The highest BCUT2D eigenvalue weighted by Gasteiger charge is 2.26. The lowest BCUT2D eigenvalue weighted by Gasteiger charge is -2.15. The van der Waals surface area contributed by atoms with E-state index in [9.17, 15) is 9.59 Å². The number of carbonyl (C=O) groups is 1. The van der Waals surface area contributed by atoms with Crippen LogP contribution in [0.1, 0.15) is 12.5 Å². The molecule has 4 aromatic rings. The van der Waals surface area contributed by atoms with Gasteiger partial charge in [-0.15, -0.1) is 0 Å². The van der Waals surface area contributed by atoms with E-state index in [1.165, 1.54) is 25.3 Å². The van der Waals surface area contributed by atoms with Crippen molar-refractivity contribution in [3.63, 3.8) is 0 Å². The quantitative estimate of drug-likeness (QED) is 0.339. The Labute approximate surface area is 186 Å². The molecule has 4 rings (SSSR count). The Bertz CT molecular complexity index is 1320. The molecule has 0 amide bonds. The number of benzene rings is 2. The van der Waals surface area contributed by atoms with Crippen LogP contribution in [0, 0.1) is 6.92 Å². The van der Waals surface area contributed by atoms with E-state index in [4.69, 9.17) is 41.5 Å². The number of furan rings is 1. The Morgan fingerprint density at radius 3 is 2.61 bits per heavy atom. The van der Waals surface area contributed by atoms with Crippen LogP contribution in [0.3, 0.4) is 0 Å². The third-order valence-corrected chi connectivity index (χ3v) is 5.01. The first-order valence-electron chi connectivity index (χ1n) is 9.28. The normalized spacial score (nSPS) is 12.0. The summed E-state index contributed by atoms with van der Waals surface area (Å²) < 4.78 is 22.3. The van der Waals surface area contributed by atoms with Crippen molar-refractivity contribution >= 4 is 40.1 Å². The minimum Gasteiger partial charge on any atom is -0.477 e. The summed E-state index contributed by atoms with van der Waals surface area (Å²) in [6, 6.07) is 13.0. The lowest BCUT2D eigenvalue weighted by Crippen LogP contribution is -2.30. The molecule has 0 bridgehead atoms. The number of halogens is 2. The van der Waals surface area contributed by atoms with Crippen LogP contribution in [-0.4, -0.2) is 12.1 Å². The summed E-state index contributed by atoms with van der Waals surface area (Å²) in [4.78, 5) is 25.9. The van der Waals surface area contributed by atoms with Crippen molar-refractivity contribution in [2.45, 2.75) is 20.0 Å². The lowest BCUT2D eigenvalue weighted by atomic mass is 10.1. The minimum absolute atomic E-state index is 0.0106. The summed E-state index contributed by atoms with van der Waals surface area (Å²) in [6.07, 6.45) is 0.352. The van der Waals surface area contributed by atoms with Crippen LogP contribution in [0.15, 0.2) is 68.4 Å². The average molecular weight is 459 g/mol. The summed E-state index contributed by atoms with van der Waals surface area (Å²) in [6.45, 7) is 3.32. The van der Waals surface area contributed by atoms with E-state index >= 15 is 0 Å². The molecular weight excluding hydrogens is 443 g/mol. The minimum atomic E-state index is -1.07. The Morgan fingerprint density at radius 1 is 1.10 bits per heavy atom. The lowest BCUT2D eigenvalue weighted by molar-refractivity contribution is -0.141. The van der Waals surface area contributed by atoms with Crippen LogP contribution < -0.4 is 14.9 Å². The van der Waals surface area contributed by atoms with Crippen molar-refractivity contribution in [3.05, 3.63) is 80.6 Å². The van der Waals surface area contributed by atoms with Crippen LogP contribution in [0.25, 0.3) is 22.5 Å². The van der Waals surface area contributed by atoms with Gasteiger partial charge in [0, 0.05) is 5.02 Å².